The van der Waals surface area contributed by atoms with Crippen LogP contribution in [0, 0.1) is 11.7 Å². The fourth-order valence-electron chi connectivity index (χ4n) is 3.49. The number of halogens is 1. The van der Waals surface area contributed by atoms with Crippen LogP contribution in [0.5, 0.6) is 11.6 Å². The first-order chi connectivity index (χ1) is 17.6. The molecule has 3 heterocycles. The minimum atomic E-state index is -4.33. The molecule has 0 aliphatic carbocycles. The molecule has 1 aromatic carbocycles. The molecule has 10 nitrogen and oxygen atoms in total. The van der Waals surface area contributed by atoms with Gasteiger partial charge < -0.3 is 19.9 Å². The second kappa shape index (κ2) is 11.1. The summed E-state index contributed by atoms with van der Waals surface area (Å²) in [6, 6.07) is 11.1. The molecule has 0 saturated carbocycles. The number of carbonyl (C=O) groups excluding carboxylic acids is 1. The van der Waals surface area contributed by atoms with E-state index in [1.165, 1.54) is 42.5 Å². The summed E-state index contributed by atoms with van der Waals surface area (Å²) in [5.41, 5.74) is 6.15. The number of sulfonamides is 1. The molecule has 2 aromatic heterocycles. The first-order valence-electron chi connectivity index (χ1n) is 11.6. The molecule has 0 spiro atoms. The van der Waals surface area contributed by atoms with Gasteiger partial charge in [0.2, 0.25) is 5.88 Å². The summed E-state index contributed by atoms with van der Waals surface area (Å²) in [6.07, 6.45) is 0.171. The number of pyridine rings is 2. The minimum Gasteiger partial charge on any atom is -0.493 e. The number of nitrogens with two attached hydrogens (primary N) is 1. The zero-order chi connectivity index (χ0) is 26.6. The number of nitrogens with one attached hydrogen (secondary N) is 1. The smallest absolute Gasteiger partial charge is 0.281 e. The maximum Gasteiger partial charge on any atom is 0.281 e. The SMILES string of the molecule is CC(C)COc1cc(F)cc(-c2ccc(C(=O)NS(=O)(=O)c3cccc(N)n3)c(O[C@H]3CCOC3)n2)c1.[HH].[HH].[HH].[HH]. The van der Waals surface area contributed by atoms with Gasteiger partial charge in [-0.1, -0.05) is 19.9 Å². The zero-order valence-electron chi connectivity index (χ0n) is 20.3. The predicted molar refractivity (Wildman–Crippen MR) is 142 cm³/mol. The largest absolute Gasteiger partial charge is 0.493 e. The predicted octanol–water partition coefficient (Wildman–Crippen LogP) is 4.17. The number of aromatic nitrogens is 2. The van der Waals surface area contributed by atoms with E-state index in [0.717, 1.165) is 0 Å². The molecule has 1 fully saturated rings. The highest BCUT2D eigenvalue weighted by Crippen LogP contribution is 2.29. The van der Waals surface area contributed by atoms with Crippen molar-refractivity contribution in [2.45, 2.75) is 31.4 Å². The lowest BCUT2D eigenvalue weighted by atomic mass is 10.1. The van der Waals surface area contributed by atoms with Crippen molar-refractivity contribution in [1.82, 2.24) is 14.7 Å². The summed E-state index contributed by atoms with van der Waals surface area (Å²) in [7, 11) is -4.33. The topological polar surface area (TPSA) is 143 Å². The molecule has 1 saturated heterocycles. The normalized spacial score (nSPS) is 15.5. The van der Waals surface area contributed by atoms with Gasteiger partial charge in [0.1, 0.15) is 29.1 Å². The van der Waals surface area contributed by atoms with Crippen molar-refractivity contribution in [2.24, 2.45) is 5.92 Å². The minimum absolute atomic E-state index is 0. The van der Waals surface area contributed by atoms with Crippen LogP contribution >= 0.6 is 0 Å². The third-order valence-corrected chi connectivity index (χ3v) is 6.50. The van der Waals surface area contributed by atoms with Crippen molar-refractivity contribution in [3.05, 3.63) is 59.9 Å². The van der Waals surface area contributed by atoms with E-state index in [9.17, 15) is 17.6 Å². The second-order valence-electron chi connectivity index (χ2n) is 8.87. The molecule has 12 heteroatoms. The van der Waals surface area contributed by atoms with Gasteiger partial charge in [-0.3, -0.25) is 4.79 Å². The summed E-state index contributed by atoms with van der Waals surface area (Å²) in [6.45, 7) is 5.12. The highest BCUT2D eigenvalue weighted by atomic mass is 32.2. The van der Waals surface area contributed by atoms with E-state index >= 15 is 0 Å². The third-order valence-electron chi connectivity index (χ3n) is 5.27. The highest BCUT2D eigenvalue weighted by molar-refractivity contribution is 7.90. The fourth-order valence-corrected chi connectivity index (χ4v) is 4.44. The van der Waals surface area contributed by atoms with Gasteiger partial charge in [0.05, 0.1) is 25.5 Å². The molecule has 1 atom stereocenters. The molecular formula is C25H35FN4O6S. The van der Waals surface area contributed by atoms with Crippen LogP contribution < -0.4 is 19.9 Å². The number of hydrogen-bond donors (Lipinski definition) is 2. The Morgan fingerprint density at radius 1 is 1.24 bits per heavy atom. The van der Waals surface area contributed by atoms with Crippen molar-refractivity contribution in [3.8, 4) is 22.9 Å². The number of ether oxygens (including phenoxy) is 3. The van der Waals surface area contributed by atoms with Crippen LogP contribution in [0.25, 0.3) is 11.3 Å². The van der Waals surface area contributed by atoms with Crippen molar-refractivity contribution >= 4 is 21.7 Å². The van der Waals surface area contributed by atoms with E-state index in [4.69, 9.17) is 19.9 Å². The van der Waals surface area contributed by atoms with Gasteiger partial charge in [0.25, 0.3) is 15.9 Å². The highest BCUT2D eigenvalue weighted by Gasteiger charge is 2.26. The molecule has 4 rings (SSSR count). The number of carbonyl (C=O) groups is 1. The zero-order valence-corrected chi connectivity index (χ0v) is 21.1. The number of rotatable bonds is 9. The third kappa shape index (κ3) is 6.71. The number of nitrogens with zero attached hydrogens (tertiary/aromatic N) is 2. The van der Waals surface area contributed by atoms with Gasteiger partial charge in [-0.15, -0.1) is 0 Å². The standard InChI is InChI=1S/C25H27FN4O6S.4H2/c1-15(2)13-35-19-11-16(10-17(26)12-19)21-7-6-20(25(28-21)36-18-8-9-34-14-18)24(31)30-37(32,33)23-5-3-4-22(27)29-23;;;;/h3-7,10-12,15,18H,8-9,13-14H2,1-2H3,(H2,27,29)(H,30,31);4*1H/t18-;;;;/m0..../s1. The number of benzene rings is 1. The molecule has 204 valence electrons. The second-order valence-corrected chi connectivity index (χ2v) is 10.5. The van der Waals surface area contributed by atoms with Crippen molar-refractivity contribution < 1.29 is 37.5 Å². The van der Waals surface area contributed by atoms with Crippen molar-refractivity contribution in [2.75, 3.05) is 25.6 Å². The molecule has 3 aromatic rings. The van der Waals surface area contributed by atoms with E-state index in [1.54, 1.807) is 6.07 Å². The molecule has 1 aliphatic rings. The molecule has 0 bridgehead atoms. The van der Waals surface area contributed by atoms with Gasteiger partial charge >= 0.3 is 0 Å². The van der Waals surface area contributed by atoms with Gasteiger partial charge in [0, 0.05) is 23.8 Å². The Morgan fingerprint density at radius 3 is 2.76 bits per heavy atom. The lowest BCUT2D eigenvalue weighted by Gasteiger charge is -2.16. The number of amides is 1. The quantitative estimate of drug-likeness (QED) is 0.410. The van der Waals surface area contributed by atoms with Crippen LogP contribution in [-0.4, -0.2) is 50.2 Å². The Labute approximate surface area is 220 Å². The summed E-state index contributed by atoms with van der Waals surface area (Å²) >= 11 is 0. The van der Waals surface area contributed by atoms with E-state index in [0.29, 0.717) is 36.6 Å². The molecule has 37 heavy (non-hydrogen) atoms. The van der Waals surface area contributed by atoms with Crippen LogP contribution in [0.3, 0.4) is 0 Å². The maximum absolute atomic E-state index is 14.3. The van der Waals surface area contributed by atoms with Gasteiger partial charge in [-0.2, -0.15) is 8.42 Å². The van der Waals surface area contributed by atoms with Crippen LogP contribution in [0.1, 0.15) is 36.3 Å². The maximum atomic E-state index is 14.3. The summed E-state index contributed by atoms with van der Waals surface area (Å²) in [4.78, 5) is 21.2. The van der Waals surface area contributed by atoms with E-state index < -0.39 is 26.8 Å². The van der Waals surface area contributed by atoms with Crippen LogP contribution in [0.15, 0.2) is 53.6 Å². The fraction of sp³-hybridized carbons (Fsp3) is 0.320. The Hall–Kier alpha value is -3.77. The van der Waals surface area contributed by atoms with Crippen molar-refractivity contribution in [3.63, 3.8) is 0 Å². The summed E-state index contributed by atoms with van der Waals surface area (Å²) in [5, 5.41) is -0.411. The molecular weight excluding hydrogens is 503 g/mol. The number of hydrogen-bond acceptors (Lipinski definition) is 9. The Bertz CT molecular complexity index is 1410. The van der Waals surface area contributed by atoms with Crippen LogP contribution in [-0.2, 0) is 14.8 Å². The van der Waals surface area contributed by atoms with Crippen molar-refractivity contribution in [1.29, 1.82) is 0 Å². The van der Waals surface area contributed by atoms with Crippen LogP contribution in [0.2, 0.25) is 0 Å². The molecule has 0 radical (unpaired) electrons. The molecule has 1 amide bonds. The van der Waals surface area contributed by atoms with Gasteiger partial charge in [-0.05, 0) is 42.3 Å². The number of anilines is 1. The average molecular weight is 539 g/mol. The molecule has 3 N–H and O–H groups in total. The first-order valence-corrected chi connectivity index (χ1v) is 13.1. The van der Waals surface area contributed by atoms with Gasteiger partial charge in [-0.25, -0.2) is 19.1 Å². The first kappa shape index (κ1) is 26.3. The summed E-state index contributed by atoms with van der Waals surface area (Å²) < 4.78 is 58.6. The Morgan fingerprint density at radius 2 is 2.05 bits per heavy atom. The number of nitrogen functional groups attached to an aromatic ring is 1. The van der Waals surface area contributed by atoms with Crippen LogP contribution in [0.4, 0.5) is 10.2 Å². The van der Waals surface area contributed by atoms with E-state index in [-0.39, 0.29) is 41.6 Å². The average Bonchev–Trinajstić information content (AvgIpc) is 3.35. The van der Waals surface area contributed by atoms with E-state index in [1.807, 2.05) is 18.6 Å². The van der Waals surface area contributed by atoms with E-state index in [2.05, 4.69) is 9.97 Å². The molecule has 1 aliphatic heterocycles. The lowest BCUT2D eigenvalue weighted by molar-refractivity contribution is 0.0968. The molecule has 0 unspecified atom stereocenters. The van der Waals surface area contributed by atoms with Gasteiger partial charge in [0.15, 0.2) is 5.03 Å². The summed E-state index contributed by atoms with van der Waals surface area (Å²) in [5.74, 6) is -1.05. The monoisotopic (exact) mass is 538 g/mol. The Kier molecular flexibility index (Phi) is 7.89. The lowest BCUT2D eigenvalue weighted by Crippen LogP contribution is -2.32. The Balaban J connectivity index is 0.00000400.